The SMILES string of the molecule is C=CCNC(=NCCNc1nccc(C(F)(F)F)n1)NCC.I. The summed E-state index contributed by atoms with van der Waals surface area (Å²) < 4.78 is 37.5. The van der Waals surface area contributed by atoms with Gasteiger partial charge in [0.25, 0.3) is 0 Å². The zero-order valence-corrected chi connectivity index (χ0v) is 15.0. The predicted octanol–water partition coefficient (Wildman–Crippen LogP) is 2.27. The summed E-state index contributed by atoms with van der Waals surface area (Å²) in [5, 5.41) is 8.75. The highest BCUT2D eigenvalue weighted by molar-refractivity contribution is 14.0. The lowest BCUT2D eigenvalue weighted by molar-refractivity contribution is -0.141. The van der Waals surface area contributed by atoms with Gasteiger partial charge < -0.3 is 16.0 Å². The first-order valence-electron chi connectivity index (χ1n) is 6.74. The summed E-state index contributed by atoms with van der Waals surface area (Å²) in [4.78, 5) is 11.4. The molecule has 0 bridgehead atoms. The Morgan fingerprint density at radius 2 is 2.13 bits per heavy atom. The number of alkyl halides is 3. The van der Waals surface area contributed by atoms with Gasteiger partial charge in [-0.1, -0.05) is 6.08 Å². The summed E-state index contributed by atoms with van der Waals surface area (Å²) in [5.74, 6) is 0.531. The number of nitrogens with zero attached hydrogens (tertiary/aromatic N) is 3. The molecule has 1 heterocycles. The zero-order chi connectivity index (χ0) is 16.4. The van der Waals surface area contributed by atoms with Crippen LogP contribution in [0.2, 0.25) is 0 Å². The molecule has 1 aromatic rings. The molecule has 0 atom stereocenters. The highest BCUT2D eigenvalue weighted by atomic mass is 127. The molecule has 6 nitrogen and oxygen atoms in total. The van der Waals surface area contributed by atoms with Gasteiger partial charge in [-0.15, -0.1) is 30.6 Å². The van der Waals surface area contributed by atoms with Crippen LogP contribution in [-0.2, 0) is 6.18 Å². The minimum atomic E-state index is -4.48. The van der Waals surface area contributed by atoms with E-state index in [1.54, 1.807) is 6.08 Å². The van der Waals surface area contributed by atoms with Crippen molar-refractivity contribution in [2.45, 2.75) is 13.1 Å². The molecule has 0 fully saturated rings. The van der Waals surface area contributed by atoms with Crippen molar-refractivity contribution in [1.29, 1.82) is 0 Å². The summed E-state index contributed by atoms with van der Waals surface area (Å²) in [7, 11) is 0. The van der Waals surface area contributed by atoms with Crippen molar-refractivity contribution in [1.82, 2.24) is 20.6 Å². The monoisotopic (exact) mass is 444 g/mol. The van der Waals surface area contributed by atoms with Gasteiger partial charge in [-0.05, 0) is 13.0 Å². The molecular weight excluding hydrogens is 424 g/mol. The molecule has 0 radical (unpaired) electrons. The number of aliphatic imine (C=N–C) groups is 1. The normalized spacial score (nSPS) is 11.4. The molecule has 0 saturated carbocycles. The maximum absolute atomic E-state index is 12.5. The van der Waals surface area contributed by atoms with Crippen LogP contribution >= 0.6 is 24.0 Å². The number of aromatic nitrogens is 2. The van der Waals surface area contributed by atoms with Crippen LogP contribution in [0.5, 0.6) is 0 Å². The van der Waals surface area contributed by atoms with Crippen molar-refractivity contribution in [2.75, 3.05) is 31.5 Å². The minimum Gasteiger partial charge on any atom is -0.357 e. The molecule has 3 N–H and O–H groups in total. The number of halogens is 4. The summed E-state index contributed by atoms with van der Waals surface area (Å²) in [5.41, 5.74) is -0.977. The van der Waals surface area contributed by atoms with E-state index in [0.717, 1.165) is 12.3 Å². The van der Waals surface area contributed by atoms with E-state index in [1.807, 2.05) is 6.92 Å². The number of anilines is 1. The second-order valence-electron chi connectivity index (χ2n) is 4.12. The van der Waals surface area contributed by atoms with Crippen molar-refractivity contribution < 1.29 is 13.2 Å². The second kappa shape index (κ2) is 11.0. The number of hydrogen-bond donors (Lipinski definition) is 3. The third-order valence-electron chi connectivity index (χ3n) is 2.37. The maximum Gasteiger partial charge on any atom is 0.433 e. The topological polar surface area (TPSA) is 74.2 Å². The van der Waals surface area contributed by atoms with Gasteiger partial charge in [0.2, 0.25) is 5.95 Å². The fraction of sp³-hybridized carbons (Fsp3) is 0.462. The van der Waals surface area contributed by atoms with Crippen LogP contribution in [0.3, 0.4) is 0 Å². The molecule has 0 aliphatic rings. The van der Waals surface area contributed by atoms with Crippen LogP contribution in [0.15, 0.2) is 29.9 Å². The lowest BCUT2D eigenvalue weighted by atomic mass is 10.4. The van der Waals surface area contributed by atoms with Crippen LogP contribution in [0.1, 0.15) is 12.6 Å². The van der Waals surface area contributed by atoms with Crippen molar-refractivity contribution >= 4 is 35.9 Å². The third-order valence-corrected chi connectivity index (χ3v) is 2.37. The molecule has 0 spiro atoms. The van der Waals surface area contributed by atoms with Crippen LogP contribution in [0.25, 0.3) is 0 Å². The van der Waals surface area contributed by atoms with E-state index in [9.17, 15) is 13.2 Å². The summed E-state index contributed by atoms with van der Waals surface area (Å²) in [6, 6.07) is 0.825. The minimum absolute atomic E-state index is 0. The highest BCUT2D eigenvalue weighted by Crippen LogP contribution is 2.27. The quantitative estimate of drug-likeness (QED) is 0.198. The Bertz CT molecular complexity index is 507. The van der Waals surface area contributed by atoms with Gasteiger partial charge in [-0.2, -0.15) is 13.2 Å². The van der Waals surface area contributed by atoms with Gasteiger partial charge in [0, 0.05) is 25.8 Å². The van der Waals surface area contributed by atoms with Gasteiger partial charge >= 0.3 is 6.18 Å². The first kappa shape index (κ1) is 21.4. The molecule has 0 amide bonds. The molecule has 0 unspecified atom stereocenters. The number of hydrogen-bond acceptors (Lipinski definition) is 4. The molecule has 0 aliphatic carbocycles. The first-order valence-corrected chi connectivity index (χ1v) is 6.74. The van der Waals surface area contributed by atoms with Crippen molar-refractivity contribution in [2.24, 2.45) is 4.99 Å². The van der Waals surface area contributed by atoms with Crippen LogP contribution < -0.4 is 16.0 Å². The van der Waals surface area contributed by atoms with Crippen molar-refractivity contribution in [3.63, 3.8) is 0 Å². The van der Waals surface area contributed by atoms with Gasteiger partial charge in [-0.3, -0.25) is 4.99 Å². The van der Waals surface area contributed by atoms with E-state index in [0.29, 0.717) is 32.1 Å². The Morgan fingerprint density at radius 1 is 1.39 bits per heavy atom. The molecule has 1 aromatic heterocycles. The Labute approximate surface area is 150 Å². The lowest BCUT2D eigenvalue weighted by Gasteiger charge is -2.10. The van der Waals surface area contributed by atoms with Crippen molar-refractivity contribution in [3.05, 3.63) is 30.6 Å². The summed E-state index contributed by atoms with van der Waals surface area (Å²) >= 11 is 0. The first-order chi connectivity index (χ1) is 10.5. The Kier molecular flexibility index (Phi) is 10.3. The van der Waals surface area contributed by atoms with E-state index in [-0.39, 0.29) is 29.9 Å². The van der Waals surface area contributed by atoms with Gasteiger partial charge in [0.1, 0.15) is 5.69 Å². The fourth-order valence-electron chi connectivity index (χ4n) is 1.45. The molecule has 23 heavy (non-hydrogen) atoms. The van der Waals surface area contributed by atoms with E-state index in [2.05, 4.69) is 37.5 Å². The van der Waals surface area contributed by atoms with Gasteiger partial charge in [0.15, 0.2) is 5.96 Å². The average molecular weight is 444 g/mol. The molecule has 0 saturated heterocycles. The number of guanidine groups is 1. The number of nitrogens with one attached hydrogen (secondary N) is 3. The zero-order valence-electron chi connectivity index (χ0n) is 12.7. The van der Waals surface area contributed by atoms with Crippen LogP contribution in [-0.4, -0.2) is 42.1 Å². The standard InChI is InChI=1S/C13H19F3N6.HI/c1-3-6-18-11(17-4-2)20-8-9-21-12-19-7-5-10(22-12)13(14,15)16;/h3,5,7H,1,4,6,8-9H2,2H3,(H2,17,18,20)(H,19,21,22);1H. The fourth-order valence-corrected chi connectivity index (χ4v) is 1.45. The van der Waals surface area contributed by atoms with Gasteiger partial charge in [0.05, 0.1) is 6.54 Å². The van der Waals surface area contributed by atoms with Crippen molar-refractivity contribution in [3.8, 4) is 0 Å². The van der Waals surface area contributed by atoms with Crippen LogP contribution in [0, 0.1) is 0 Å². The van der Waals surface area contributed by atoms with Crippen LogP contribution in [0.4, 0.5) is 19.1 Å². The van der Waals surface area contributed by atoms with E-state index < -0.39 is 11.9 Å². The van der Waals surface area contributed by atoms with E-state index in [4.69, 9.17) is 0 Å². The largest absolute Gasteiger partial charge is 0.433 e. The third kappa shape index (κ3) is 8.57. The Hall–Kier alpha value is -1.59. The average Bonchev–Trinajstić information content (AvgIpc) is 2.48. The predicted molar refractivity (Wildman–Crippen MR) is 95.1 cm³/mol. The van der Waals surface area contributed by atoms with E-state index >= 15 is 0 Å². The summed E-state index contributed by atoms with van der Waals surface area (Å²) in [6.07, 6.45) is -1.72. The smallest absolute Gasteiger partial charge is 0.357 e. The molecule has 1 rings (SSSR count). The molecule has 0 aliphatic heterocycles. The highest BCUT2D eigenvalue weighted by Gasteiger charge is 2.32. The molecule has 0 aromatic carbocycles. The van der Waals surface area contributed by atoms with E-state index in [1.165, 1.54) is 0 Å². The molecule has 10 heteroatoms. The lowest BCUT2D eigenvalue weighted by Crippen LogP contribution is -2.37. The van der Waals surface area contributed by atoms with Gasteiger partial charge in [-0.25, -0.2) is 9.97 Å². The number of rotatable bonds is 7. The second-order valence-corrected chi connectivity index (χ2v) is 4.12. The molecule has 130 valence electrons. The maximum atomic E-state index is 12.5. The molecular formula is C13H20F3IN6. The Balaban J connectivity index is 0.00000484. The Morgan fingerprint density at radius 3 is 2.74 bits per heavy atom. The summed E-state index contributed by atoms with van der Waals surface area (Å²) in [6.45, 7) is 7.45.